The predicted octanol–water partition coefficient (Wildman–Crippen LogP) is 7.81. The van der Waals surface area contributed by atoms with Gasteiger partial charge in [0.15, 0.2) is 0 Å². The normalized spacial score (nSPS) is 11.4. The van der Waals surface area contributed by atoms with E-state index in [1.54, 1.807) is 55.5 Å². The maximum Gasteiger partial charge on any atom is 0.343 e. The monoisotopic (exact) mass is 560 g/mol. The van der Waals surface area contributed by atoms with Gasteiger partial charge in [0, 0.05) is 12.8 Å². The highest BCUT2D eigenvalue weighted by molar-refractivity contribution is 5.91. The molecule has 218 valence electrons. The first-order valence-electron chi connectivity index (χ1n) is 14.4. The third kappa shape index (κ3) is 10.7. The molecular weight excluding hydrogens is 520 g/mol. The number of hydrogen-bond donors (Lipinski definition) is 0. The van der Waals surface area contributed by atoms with Crippen LogP contribution in [0.2, 0.25) is 0 Å². The Balaban J connectivity index is 1.46. The van der Waals surface area contributed by atoms with E-state index in [1.165, 1.54) is 12.8 Å². The maximum absolute atomic E-state index is 12.6. The minimum atomic E-state index is -0.474. The molecule has 0 aromatic heterocycles. The average Bonchev–Trinajstić information content (AvgIpc) is 2.99. The van der Waals surface area contributed by atoms with Gasteiger partial charge in [0.05, 0.1) is 30.4 Å². The Morgan fingerprint density at radius 1 is 0.659 bits per heavy atom. The van der Waals surface area contributed by atoms with Gasteiger partial charge in [-0.3, -0.25) is 4.79 Å². The van der Waals surface area contributed by atoms with E-state index in [1.807, 2.05) is 31.2 Å². The molecule has 41 heavy (non-hydrogen) atoms. The van der Waals surface area contributed by atoms with E-state index in [9.17, 15) is 14.4 Å². The van der Waals surface area contributed by atoms with Crippen molar-refractivity contribution in [3.63, 3.8) is 0 Å². The fourth-order valence-corrected chi connectivity index (χ4v) is 4.07. The minimum absolute atomic E-state index is 0.102. The van der Waals surface area contributed by atoms with Crippen molar-refractivity contribution in [3.8, 4) is 22.6 Å². The summed E-state index contributed by atoms with van der Waals surface area (Å²) < 4.78 is 21.7. The molecule has 0 aliphatic heterocycles. The third-order valence-corrected chi connectivity index (χ3v) is 6.49. The Morgan fingerprint density at radius 2 is 1.24 bits per heavy atom. The third-order valence-electron chi connectivity index (χ3n) is 6.49. The molecule has 0 bridgehead atoms. The van der Waals surface area contributed by atoms with Crippen LogP contribution in [0.25, 0.3) is 11.1 Å². The molecular formula is C34H40O7. The van der Waals surface area contributed by atoms with Crippen LogP contribution in [0.3, 0.4) is 0 Å². The van der Waals surface area contributed by atoms with Gasteiger partial charge in [-0.05, 0) is 79.4 Å². The van der Waals surface area contributed by atoms with Crippen LogP contribution >= 0.6 is 0 Å². The van der Waals surface area contributed by atoms with Crippen molar-refractivity contribution in [1.29, 1.82) is 0 Å². The van der Waals surface area contributed by atoms with Crippen LogP contribution in [0.4, 0.5) is 0 Å². The summed E-state index contributed by atoms with van der Waals surface area (Å²) in [6.07, 6.45) is 6.33. The number of esters is 3. The molecule has 0 fully saturated rings. The lowest BCUT2D eigenvalue weighted by atomic mass is 10.0. The highest BCUT2D eigenvalue weighted by Gasteiger charge is 2.13. The standard InChI is InChI=1S/C34H40O7/c1-4-6-7-8-10-25(3)40-33(36)28-13-11-26(12-14-28)27-15-21-31(22-16-27)41-34(37)29-17-19-30(20-18-29)38-23-9-24-39-32(35)5-2/h11-22,25H,4-10,23-24H2,1-3H3/t25-/m0/s1. The van der Waals surface area contributed by atoms with Gasteiger partial charge in [-0.2, -0.15) is 0 Å². The largest absolute Gasteiger partial charge is 0.493 e. The Morgan fingerprint density at radius 3 is 1.88 bits per heavy atom. The zero-order valence-electron chi connectivity index (χ0n) is 24.2. The number of carbonyl (C=O) groups is 3. The first-order valence-corrected chi connectivity index (χ1v) is 14.4. The highest BCUT2D eigenvalue weighted by atomic mass is 16.5. The topological polar surface area (TPSA) is 88.1 Å². The molecule has 3 aromatic rings. The van der Waals surface area contributed by atoms with Crippen molar-refractivity contribution in [1.82, 2.24) is 0 Å². The molecule has 0 saturated heterocycles. The summed E-state index contributed by atoms with van der Waals surface area (Å²) in [5.74, 6) is 0.0283. The van der Waals surface area contributed by atoms with Gasteiger partial charge in [0.1, 0.15) is 11.5 Å². The highest BCUT2D eigenvalue weighted by Crippen LogP contribution is 2.24. The second kappa shape index (κ2) is 16.9. The number of ether oxygens (including phenoxy) is 4. The van der Waals surface area contributed by atoms with Crippen molar-refractivity contribution in [2.45, 2.75) is 71.8 Å². The van der Waals surface area contributed by atoms with Gasteiger partial charge in [0.25, 0.3) is 0 Å². The van der Waals surface area contributed by atoms with Crippen molar-refractivity contribution in [2.24, 2.45) is 0 Å². The van der Waals surface area contributed by atoms with Crippen molar-refractivity contribution in [2.75, 3.05) is 13.2 Å². The van der Waals surface area contributed by atoms with E-state index < -0.39 is 5.97 Å². The summed E-state index contributed by atoms with van der Waals surface area (Å²) >= 11 is 0. The van der Waals surface area contributed by atoms with Gasteiger partial charge in [-0.25, -0.2) is 9.59 Å². The molecule has 3 aromatic carbocycles. The number of unbranched alkanes of at least 4 members (excludes halogenated alkanes) is 3. The SMILES string of the molecule is CCCCCC[C@H](C)OC(=O)c1ccc(-c2ccc(OC(=O)c3ccc(OCCCOC(=O)CC)cc3)cc2)cc1. The fraction of sp³-hybridized carbons (Fsp3) is 0.382. The van der Waals surface area contributed by atoms with E-state index in [4.69, 9.17) is 18.9 Å². The Hall–Kier alpha value is -4.13. The summed E-state index contributed by atoms with van der Waals surface area (Å²) in [6.45, 7) is 6.58. The lowest BCUT2D eigenvalue weighted by molar-refractivity contribution is -0.143. The van der Waals surface area contributed by atoms with Crippen LogP contribution in [0.5, 0.6) is 11.5 Å². The smallest absolute Gasteiger partial charge is 0.343 e. The van der Waals surface area contributed by atoms with Crippen molar-refractivity contribution in [3.05, 3.63) is 83.9 Å². The minimum Gasteiger partial charge on any atom is -0.493 e. The first-order chi connectivity index (χ1) is 19.9. The van der Waals surface area contributed by atoms with E-state index in [0.717, 1.165) is 30.4 Å². The van der Waals surface area contributed by atoms with Gasteiger partial charge >= 0.3 is 17.9 Å². The first kappa shape index (κ1) is 31.4. The van der Waals surface area contributed by atoms with Crippen LogP contribution in [0.15, 0.2) is 72.8 Å². The van der Waals surface area contributed by atoms with Crippen LogP contribution in [0, 0.1) is 0 Å². The van der Waals surface area contributed by atoms with Crippen molar-refractivity contribution >= 4 is 17.9 Å². The molecule has 0 aliphatic carbocycles. The van der Waals surface area contributed by atoms with Crippen LogP contribution < -0.4 is 9.47 Å². The van der Waals surface area contributed by atoms with Crippen LogP contribution in [-0.4, -0.2) is 37.2 Å². The molecule has 0 unspecified atom stereocenters. The molecule has 0 aliphatic rings. The lowest BCUT2D eigenvalue weighted by Crippen LogP contribution is -2.15. The summed E-state index contributed by atoms with van der Waals surface area (Å²) in [5, 5.41) is 0. The van der Waals surface area contributed by atoms with Crippen molar-refractivity contribution < 1.29 is 33.3 Å². The Bertz CT molecular complexity index is 1230. The summed E-state index contributed by atoms with van der Waals surface area (Å²) in [5.41, 5.74) is 2.79. The van der Waals surface area contributed by atoms with Gasteiger partial charge in [-0.15, -0.1) is 0 Å². The molecule has 7 nitrogen and oxygen atoms in total. The van der Waals surface area contributed by atoms with Gasteiger partial charge < -0.3 is 18.9 Å². The van der Waals surface area contributed by atoms with E-state index in [2.05, 4.69) is 6.92 Å². The summed E-state index contributed by atoms with van der Waals surface area (Å²) in [4.78, 5) is 36.2. The molecule has 0 heterocycles. The predicted molar refractivity (Wildman–Crippen MR) is 158 cm³/mol. The van der Waals surface area contributed by atoms with Crippen LogP contribution in [0.1, 0.15) is 86.4 Å². The molecule has 0 saturated carbocycles. The molecule has 7 heteroatoms. The molecule has 1 atom stereocenters. The van der Waals surface area contributed by atoms with E-state index >= 15 is 0 Å². The number of rotatable bonds is 16. The second-order valence-electron chi connectivity index (χ2n) is 9.86. The Kier molecular flexibility index (Phi) is 12.9. The maximum atomic E-state index is 12.6. The van der Waals surface area contributed by atoms with Gasteiger partial charge in [0.2, 0.25) is 0 Å². The molecule has 0 spiro atoms. The summed E-state index contributed by atoms with van der Waals surface area (Å²) in [7, 11) is 0. The fourth-order valence-electron chi connectivity index (χ4n) is 4.07. The number of benzene rings is 3. The summed E-state index contributed by atoms with van der Waals surface area (Å²) in [6, 6.07) is 21.2. The average molecular weight is 561 g/mol. The number of carbonyl (C=O) groups excluding carboxylic acids is 3. The quantitative estimate of drug-likeness (QED) is 0.100. The lowest BCUT2D eigenvalue weighted by Gasteiger charge is -2.13. The molecule has 0 N–H and O–H groups in total. The zero-order valence-corrected chi connectivity index (χ0v) is 24.2. The number of hydrogen-bond acceptors (Lipinski definition) is 7. The van der Waals surface area contributed by atoms with Crippen LogP contribution in [-0.2, 0) is 14.3 Å². The van der Waals surface area contributed by atoms with Gasteiger partial charge in [-0.1, -0.05) is 57.4 Å². The molecule has 3 rings (SSSR count). The van der Waals surface area contributed by atoms with E-state index in [0.29, 0.717) is 48.7 Å². The molecule has 0 radical (unpaired) electrons. The van der Waals surface area contributed by atoms with E-state index in [-0.39, 0.29) is 18.0 Å². The molecule has 0 amide bonds. The zero-order chi connectivity index (χ0) is 29.5. The Labute approximate surface area is 242 Å². The second-order valence-corrected chi connectivity index (χ2v) is 9.86.